The van der Waals surface area contributed by atoms with Gasteiger partial charge in [0.25, 0.3) is 11.6 Å². The third-order valence-corrected chi connectivity index (χ3v) is 5.18. The van der Waals surface area contributed by atoms with Gasteiger partial charge in [-0.25, -0.2) is 5.43 Å². The number of nitro groups is 1. The lowest BCUT2D eigenvalue weighted by Gasteiger charge is -2.12. The fourth-order valence-corrected chi connectivity index (χ4v) is 3.27. The normalized spacial score (nSPS) is 10.7. The molecule has 0 bridgehead atoms. The van der Waals surface area contributed by atoms with Crippen molar-refractivity contribution >= 4 is 17.8 Å². The third kappa shape index (κ3) is 6.77. The van der Waals surface area contributed by atoms with Crippen molar-refractivity contribution in [2.24, 2.45) is 5.10 Å². The number of ether oxygens (including phenoxy) is 2. The van der Waals surface area contributed by atoms with Gasteiger partial charge in [-0.15, -0.1) is 0 Å². The van der Waals surface area contributed by atoms with Gasteiger partial charge in [0.15, 0.2) is 0 Å². The highest BCUT2D eigenvalue weighted by atomic mass is 16.6. The number of nitro benzene ring substituents is 1. The van der Waals surface area contributed by atoms with E-state index in [1.807, 2.05) is 60.7 Å². The fourth-order valence-electron chi connectivity index (χ4n) is 3.27. The molecule has 0 atom stereocenters. The Hall–Kier alpha value is -4.98. The predicted molar refractivity (Wildman–Crippen MR) is 136 cm³/mol. The van der Waals surface area contributed by atoms with Gasteiger partial charge in [0.1, 0.15) is 24.7 Å². The molecular formula is C28H23N3O5. The van der Waals surface area contributed by atoms with Crippen LogP contribution in [-0.2, 0) is 13.2 Å². The van der Waals surface area contributed by atoms with E-state index in [4.69, 9.17) is 9.47 Å². The summed E-state index contributed by atoms with van der Waals surface area (Å²) in [6.45, 7) is 0.761. The SMILES string of the molecule is O=C(N/N=C/c1ccc(OCc2ccccc2)cc1OCc1ccccc1)c1ccc([N+](=O)[O-])cc1. The van der Waals surface area contributed by atoms with Crippen LogP contribution in [0.4, 0.5) is 5.69 Å². The van der Waals surface area contributed by atoms with E-state index in [9.17, 15) is 14.9 Å². The van der Waals surface area contributed by atoms with Crippen LogP contribution < -0.4 is 14.9 Å². The number of carbonyl (C=O) groups is 1. The van der Waals surface area contributed by atoms with Crippen molar-refractivity contribution < 1.29 is 19.2 Å². The first-order valence-electron chi connectivity index (χ1n) is 11.1. The molecule has 1 amide bonds. The molecule has 0 aromatic heterocycles. The number of hydrogen-bond donors (Lipinski definition) is 1. The van der Waals surface area contributed by atoms with Crippen molar-refractivity contribution in [1.29, 1.82) is 0 Å². The highest BCUT2D eigenvalue weighted by Gasteiger charge is 2.10. The number of hydrogen-bond acceptors (Lipinski definition) is 6. The summed E-state index contributed by atoms with van der Waals surface area (Å²) >= 11 is 0. The average Bonchev–Trinajstić information content (AvgIpc) is 2.92. The Balaban J connectivity index is 1.46. The van der Waals surface area contributed by atoms with E-state index in [1.54, 1.807) is 18.2 Å². The van der Waals surface area contributed by atoms with E-state index in [-0.39, 0.29) is 11.3 Å². The molecule has 8 heteroatoms. The molecule has 36 heavy (non-hydrogen) atoms. The van der Waals surface area contributed by atoms with E-state index in [0.717, 1.165) is 11.1 Å². The molecule has 0 aliphatic heterocycles. The predicted octanol–water partition coefficient (Wildman–Crippen LogP) is 5.52. The number of nitrogens with one attached hydrogen (secondary N) is 1. The van der Waals surface area contributed by atoms with Gasteiger partial charge in [0.05, 0.1) is 11.1 Å². The standard InChI is InChI=1S/C28H23N3O5/c32-28(23-11-14-25(15-12-23)31(33)34)30-29-18-24-13-16-26(35-19-21-7-3-1-4-8-21)17-27(24)36-20-22-9-5-2-6-10-22/h1-18H,19-20H2,(H,30,32)/b29-18+. The fraction of sp³-hybridized carbons (Fsp3) is 0.0714. The number of non-ortho nitro benzene ring substituents is 1. The smallest absolute Gasteiger partial charge is 0.271 e. The van der Waals surface area contributed by atoms with Crippen LogP contribution in [0.5, 0.6) is 11.5 Å². The molecular weight excluding hydrogens is 458 g/mol. The second-order valence-electron chi connectivity index (χ2n) is 7.75. The third-order valence-electron chi connectivity index (χ3n) is 5.18. The van der Waals surface area contributed by atoms with Crippen LogP contribution in [0.15, 0.2) is 108 Å². The summed E-state index contributed by atoms with van der Waals surface area (Å²) in [5.41, 5.74) is 5.28. The van der Waals surface area contributed by atoms with Crippen LogP contribution in [-0.4, -0.2) is 17.0 Å². The summed E-state index contributed by atoms with van der Waals surface area (Å²) in [7, 11) is 0. The second kappa shape index (κ2) is 11.9. The molecule has 1 N–H and O–H groups in total. The molecule has 4 aromatic rings. The summed E-state index contributed by atoms with van der Waals surface area (Å²) in [6, 6.07) is 30.2. The van der Waals surface area contributed by atoms with Gasteiger partial charge in [-0.3, -0.25) is 14.9 Å². The molecule has 0 saturated heterocycles. The first kappa shape index (κ1) is 24.2. The van der Waals surface area contributed by atoms with Crippen molar-refractivity contribution in [2.45, 2.75) is 13.2 Å². The molecule has 0 radical (unpaired) electrons. The minimum absolute atomic E-state index is 0.0927. The molecule has 4 rings (SSSR count). The zero-order valence-electron chi connectivity index (χ0n) is 19.2. The van der Waals surface area contributed by atoms with Crippen LogP contribution in [0.1, 0.15) is 27.0 Å². The second-order valence-corrected chi connectivity index (χ2v) is 7.75. The molecule has 0 unspecified atom stereocenters. The number of amides is 1. The van der Waals surface area contributed by atoms with E-state index in [0.29, 0.717) is 30.3 Å². The first-order chi connectivity index (χ1) is 17.6. The number of benzene rings is 4. The van der Waals surface area contributed by atoms with E-state index >= 15 is 0 Å². The van der Waals surface area contributed by atoms with E-state index < -0.39 is 10.8 Å². The summed E-state index contributed by atoms with van der Waals surface area (Å²) in [6.07, 6.45) is 1.48. The summed E-state index contributed by atoms with van der Waals surface area (Å²) in [5.74, 6) is 0.683. The number of nitrogens with zero attached hydrogens (tertiary/aromatic N) is 2. The van der Waals surface area contributed by atoms with Crippen molar-refractivity contribution in [1.82, 2.24) is 5.43 Å². The molecule has 8 nitrogen and oxygen atoms in total. The molecule has 0 spiro atoms. The van der Waals surface area contributed by atoms with Gasteiger partial charge in [-0.05, 0) is 35.4 Å². The van der Waals surface area contributed by atoms with E-state index in [1.165, 1.54) is 30.5 Å². The van der Waals surface area contributed by atoms with Crippen LogP contribution in [0.25, 0.3) is 0 Å². The van der Waals surface area contributed by atoms with Crippen molar-refractivity contribution in [2.75, 3.05) is 0 Å². The van der Waals surface area contributed by atoms with Gasteiger partial charge in [0.2, 0.25) is 0 Å². The Kier molecular flexibility index (Phi) is 8.01. The Bertz CT molecular complexity index is 1340. The molecule has 0 heterocycles. The molecule has 0 aliphatic rings. The van der Waals surface area contributed by atoms with Gasteiger partial charge in [-0.2, -0.15) is 5.10 Å². The zero-order valence-corrected chi connectivity index (χ0v) is 19.2. The molecule has 4 aromatic carbocycles. The Morgan fingerprint density at radius 2 is 1.44 bits per heavy atom. The summed E-state index contributed by atoms with van der Waals surface area (Å²) in [5, 5.41) is 14.8. The maximum absolute atomic E-state index is 12.3. The molecule has 0 saturated carbocycles. The van der Waals surface area contributed by atoms with Crippen LogP contribution >= 0.6 is 0 Å². The highest BCUT2D eigenvalue weighted by molar-refractivity contribution is 5.95. The van der Waals surface area contributed by atoms with Crippen molar-refractivity contribution in [3.63, 3.8) is 0 Å². The zero-order chi connectivity index (χ0) is 25.2. The van der Waals surface area contributed by atoms with Crippen molar-refractivity contribution in [3.8, 4) is 11.5 Å². The largest absolute Gasteiger partial charge is 0.489 e. The lowest BCUT2D eigenvalue weighted by Crippen LogP contribution is -2.17. The topological polar surface area (TPSA) is 103 Å². The lowest BCUT2D eigenvalue weighted by molar-refractivity contribution is -0.384. The number of hydrazone groups is 1. The minimum Gasteiger partial charge on any atom is -0.489 e. The molecule has 0 fully saturated rings. The maximum atomic E-state index is 12.3. The van der Waals surface area contributed by atoms with Crippen LogP contribution in [0.3, 0.4) is 0 Å². The van der Waals surface area contributed by atoms with Gasteiger partial charge in [0, 0.05) is 29.3 Å². The Morgan fingerprint density at radius 1 is 0.833 bits per heavy atom. The maximum Gasteiger partial charge on any atom is 0.271 e. The Morgan fingerprint density at radius 3 is 2.06 bits per heavy atom. The lowest BCUT2D eigenvalue weighted by atomic mass is 10.2. The van der Waals surface area contributed by atoms with Crippen LogP contribution in [0.2, 0.25) is 0 Å². The number of rotatable bonds is 10. The first-order valence-corrected chi connectivity index (χ1v) is 11.1. The summed E-state index contributed by atoms with van der Waals surface area (Å²) in [4.78, 5) is 22.6. The monoisotopic (exact) mass is 481 g/mol. The summed E-state index contributed by atoms with van der Waals surface area (Å²) < 4.78 is 12.0. The van der Waals surface area contributed by atoms with Gasteiger partial charge in [-0.1, -0.05) is 60.7 Å². The van der Waals surface area contributed by atoms with Crippen LogP contribution in [0, 0.1) is 10.1 Å². The molecule has 180 valence electrons. The van der Waals surface area contributed by atoms with Gasteiger partial charge >= 0.3 is 0 Å². The highest BCUT2D eigenvalue weighted by Crippen LogP contribution is 2.25. The van der Waals surface area contributed by atoms with Gasteiger partial charge < -0.3 is 9.47 Å². The quantitative estimate of drug-likeness (QED) is 0.183. The van der Waals surface area contributed by atoms with E-state index in [2.05, 4.69) is 10.5 Å². The van der Waals surface area contributed by atoms with Crippen molar-refractivity contribution in [3.05, 3.63) is 135 Å². The minimum atomic E-state index is -0.524. The Labute approximate surface area is 208 Å². The molecule has 0 aliphatic carbocycles. The number of carbonyl (C=O) groups excluding carboxylic acids is 1. The average molecular weight is 482 g/mol.